The molecule has 0 heterocycles. The van der Waals surface area contributed by atoms with Crippen LogP contribution in [0.2, 0.25) is 0 Å². The summed E-state index contributed by atoms with van der Waals surface area (Å²) in [7, 11) is -0.111. The maximum Gasteiger partial charge on any atom is 0.292 e. The minimum absolute atomic E-state index is 0.0267. The van der Waals surface area contributed by atoms with Gasteiger partial charge in [0, 0.05) is 0 Å². The van der Waals surface area contributed by atoms with Crippen LogP contribution in [0.4, 0.5) is 0 Å². The van der Waals surface area contributed by atoms with Gasteiger partial charge in [0.25, 0.3) is 10.0 Å². The number of methoxy groups -OCH3 is 1. The molecule has 1 aromatic carbocycles. The lowest BCUT2D eigenvalue weighted by molar-refractivity contribution is -0.270. The topological polar surface area (TPSA) is 65.1 Å². The van der Waals surface area contributed by atoms with Gasteiger partial charge in [-0.25, -0.2) is 8.42 Å². The third-order valence-electron chi connectivity index (χ3n) is 1.84. The van der Waals surface area contributed by atoms with E-state index >= 15 is 0 Å². The van der Waals surface area contributed by atoms with E-state index in [-0.39, 0.29) is 10.6 Å². The van der Waals surface area contributed by atoms with E-state index in [1.807, 2.05) is 0 Å². The van der Waals surface area contributed by atoms with Crippen molar-refractivity contribution in [3.05, 3.63) is 24.3 Å². The fraction of sp³-hybridized carbons (Fsp3) is 0.333. The molecule has 0 N–H and O–H groups in total. The first kappa shape index (κ1) is 12.9. The molecule has 0 spiro atoms. The Morgan fingerprint density at radius 2 is 1.62 bits per heavy atom. The Bertz CT molecular complexity index is 441. The second-order valence-electron chi connectivity index (χ2n) is 2.71. The Balaban J connectivity index is 3.26. The van der Waals surface area contributed by atoms with Crippen LogP contribution >= 0.6 is 0 Å². The fourth-order valence-corrected chi connectivity index (χ4v) is 2.39. The number of benzene rings is 1. The standard InChI is InChI=1S/C9H13NO5S/c1-13-8-6-4-5-7-9(8)16(11,12)10(14-2)15-3/h4-7H,1-3H3. The van der Waals surface area contributed by atoms with Crippen molar-refractivity contribution in [1.29, 1.82) is 0 Å². The maximum atomic E-state index is 12.0. The zero-order valence-electron chi connectivity index (χ0n) is 9.21. The first-order valence-corrected chi connectivity index (χ1v) is 5.78. The lowest BCUT2D eigenvalue weighted by atomic mass is 10.3. The largest absolute Gasteiger partial charge is 0.495 e. The zero-order chi connectivity index (χ0) is 12.2. The van der Waals surface area contributed by atoms with Crippen molar-refractivity contribution in [2.75, 3.05) is 21.3 Å². The maximum absolute atomic E-state index is 12.0. The summed E-state index contributed by atoms with van der Waals surface area (Å²) in [5, 5.41) is 0. The number of hydrogen-bond donors (Lipinski definition) is 0. The number of sulfonamides is 1. The Labute approximate surface area is 94.3 Å². The van der Waals surface area contributed by atoms with Crippen molar-refractivity contribution < 1.29 is 22.8 Å². The van der Waals surface area contributed by atoms with Gasteiger partial charge < -0.3 is 4.74 Å². The van der Waals surface area contributed by atoms with Gasteiger partial charge in [-0.1, -0.05) is 12.1 Å². The summed E-state index contributed by atoms with van der Waals surface area (Å²) in [5.74, 6) is 0.224. The number of hydrogen-bond acceptors (Lipinski definition) is 5. The van der Waals surface area contributed by atoms with Gasteiger partial charge in [0.1, 0.15) is 10.6 Å². The second-order valence-corrected chi connectivity index (χ2v) is 4.40. The van der Waals surface area contributed by atoms with Gasteiger partial charge in [-0.2, -0.15) is 0 Å². The predicted octanol–water partition coefficient (Wildman–Crippen LogP) is 0.809. The highest BCUT2D eigenvalue weighted by atomic mass is 32.2. The predicted molar refractivity (Wildman–Crippen MR) is 56.0 cm³/mol. The molecule has 0 aromatic heterocycles. The van der Waals surface area contributed by atoms with Gasteiger partial charge in [-0.05, 0) is 12.1 Å². The Hall–Kier alpha value is -1.15. The van der Waals surface area contributed by atoms with Gasteiger partial charge in [0.05, 0.1) is 26.0 Å². The SMILES string of the molecule is COc1ccccc1S(=O)(=O)N(OC)OC. The van der Waals surface area contributed by atoms with Crippen molar-refractivity contribution in [3.63, 3.8) is 0 Å². The molecule has 6 nitrogen and oxygen atoms in total. The van der Waals surface area contributed by atoms with Crippen molar-refractivity contribution in [3.8, 4) is 5.75 Å². The molecule has 0 bridgehead atoms. The molecule has 0 aliphatic rings. The van der Waals surface area contributed by atoms with Gasteiger partial charge in [0.15, 0.2) is 0 Å². The van der Waals surface area contributed by atoms with Crippen LogP contribution in [-0.2, 0) is 19.7 Å². The molecule has 0 saturated carbocycles. The van der Waals surface area contributed by atoms with E-state index in [9.17, 15) is 8.42 Å². The Morgan fingerprint density at radius 3 is 2.12 bits per heavy atom. The minimum atomic E-state index is -3.88. The molecule has 0 unspecified atom stereocenters. The second kappa shape index (κ2) is 5.26. The van der Waals surface area contributed by atoms with Gasteiger partial charge in [-0.3, -0.25) is 9.68 Å². The number of ether oxygens (including phenoxy) is 1. The molecule has 0 amide bonds. The minimum Gasteiger partial charge on any atom is -0.495 e. The van der Waals surface area contributed by atoms with E-state index in [1.165, 1.54) is 33.5 Å². The lowest BCUT2D eigenvalue weighted by Gasteiger charge is -2.17. The van der Waals surface area contributed by atoms with E-state index in [0.717, 1.165) is 0 Å². The van der Waals surface area contributed by atoms with Crippen LogP contribution in [0, 0.1) is 0 Å². The summed E-state index contributed by atoms with van der Waals surface area (Å²) >= 11 is 0. The monoisotopic (exact) mass is 247 g/mol. The van der Waals surface area contributed by atoms with E-state index in [0.29, 0.717) is 4.63 Å². The van der Waals surface area contributed by atoms with Crippen LogP contribution < -0.4 is 4.74 Å². The molecule has 1 aromatic rings. The molecule has 16 heavy (non-hydrogen) atoms. The normalized spacial score (nSPS) is 11.8. The van der Waals surface area contributed by atoms with Crippen LogP contribution in [0.1, 0.15) is 0 Å². The van der Waals surface area contributed by atoms with Crippen LogP contribution in [0.25, 0.3) is 0 Å². The van der Waals surface area contributed by atoms with Gasteiger partial charge >= 0.3 is 0 Å². The van der Waals surface area contributed by atoms with Crippen LogP contribution in [0.5, 0.6) is 5.75 Å². The van der Waals surface area contributed by atoms with Gasteiger partial charge in [-0.15, -0.1) is 0 Å². The fourth-order valence-electron chi connectivity index (χ4n) is 1.18. The summed E-state index contributed by atoms with van der Waals surface area (Å²) in [6.45, 7) is 0. The first-order valence-electron chi connectivity index (χ1n) is 4.34. The molecule has 1 rings (SSSR count). The summed E-state index contributed by atoms with van der Waals surface area (Å²) in [4.78, 5) is 9.14. The first-order chi connectivity index (χ1) is 7.57. The molecule has 0 aliphatic carbocycles. The van der Waals surface area contributed by atoms with Crippen molar-refractivity contribution >= 4 is 10.0 Å². The molecule has 7 heteroatoms. The Kier molecular flexibility index (Phi) is 4.25. The van der Waals surface area contributed by atoms with Crippen molar-refractivity contribution in [2.24, 2.45) is 0 Å². The average molecular weight is 247 g/mol. The lowest BCUT2D eigenvalue weighted by Crippen LogP contribution is -2.29. The van der Waals surface area contributed by atoms with Crippen LogP contribution in [0.15, 0.2) is 29.2 Å². The van der Waals surface area contributed by atoms with E-state index in [4.69, 9.17) is 4.74 Å². The highest BCUT2D eigenvalue weighted by Gasteiger charge is 2.28. The molecule has 0 aliphatic heterocycles. The van der Waals surface area contributed by atoms with Crippen LogP contribution in [-0.4, -0.2) is 34.4 Å². The summed E-state index contributed by atoms with van der Waals surface area (Å²) in [6.07, 6.45) is 0. The third-order valence-corrected chi connectivity index (χ3v) is 3.43. The number of rotatable bonds is 5. The number of para-hydroxylation sites is 1. The van der Waals surface area contributed by atoms with Gasteiger partial charge in [0.2, 0.25) is 0 Å². The molecule has 0 radical (unpaired) electrons. The van der Waals surface area contributed by atoms with Crippen molar-refractivity contribution in [1.82, 2.24) is 4.63 Å². The zero-order valence-corrected chi connectivity index (χ0v) is 10.0. The molecular formula is C9H13NO5S. The van der Waals surface area contributed by atoms with E-state index in [2.05, 4.69) is 9.68 Å². The quantitative estimate of drug-likeness (QED) is 0.720. The highest BCUT2D eigenvalue weighted by Crippen LogP contribution is 2.25. The highest BCUT2D eigenvalue weighted by molar-refractivity contribution is 7.89. The molecule has 0 fully saturated rings. The average Bonchev–Trinajstić information content (AvgIpc) is 2.30. The number of nitrogens with zero attached hydrogens (tertiary/aromatic N) is 1. The smallest absolute Gasteiger partial charge is 0.292 e. The van der Waals surface area contributed by atoms with E-state index < -0.39 is 10.0 Å². The summed E-state index contributed by atoms with van der Waals surface area (Å²) in [5.41, 5.74) is 0. The Morgan fingerprint density at radius 1 is 1.06 bits per heavy atom. The van der Waals surface area contributed by atoms with Crippen LogP contribution in [0.3, 0.4) is 0 Å². The molecule has 0 atom stereocenters. The molecule has 90 valence electrons. The molecule has 0 saturated heterocycles. The summed E-state index contributed by atoms with van der Waals surface area (Å²) in [6, 6.07) is 6.19. The third kappa shape index (κ3) is 2.33. The van der Waals surface area contributed by atoms with Crippen molar-refractivity contribution in [2.45, 2.75) is 4.90 Å². The summed E-state index contributed by atoms with van der Waals surface area (Å²) < 4.78 is 29.3. The van der Waals surface area contributed by atoms with E-state index in [1.54, 1.807) is 12.1 Å². The molecular weight excluding hydrogens is 234 g/mol.